The Hall–Kier alpha value is -3.06. The third-order valence-corrected chi connectivity index (χ3v) is 5.31. The molecule has 1 saturated heterocycles. The Morgan fingerprint density at radius 3 is 2.20 bits per heavy atom. The van der Waals surface area contributed by atoms with Crippen molar-refractivity contribution in [2.75, 3.05) is 48.8 Å². The van der Waals surface area contributed by atoms with Gasteiger partial charge in [-0.05, 0) is 56.3 Å². The van der Waals surface area contributed by atoms with E-state index in [-0.39, 0.29) is 11.8 Å². The van der Waals surface area contributed by atoms with Crippen molar-refractivity contribution in [1.29, 1.82) is 0 Å². The van der Waals surface area contributed by atoms with Gasteiger partial charge in [0.15, 0.2) is 0 Å². The molecule has 2 aromatic carbocycles. The van der Waals surface area contributed by atoms with Crippen LogP contribution in [0.25, 0.3) is 0 Å². The molecule has 0 aliphatic carbocycles. The zero-order valence-corrected chi connectivity index (χ0v) is 18.1. The molecule has 1 fully saturated rings. The van der Waals surface area contributed by atoms with Gasteiger partial charge >= 0.3 is 0 Å². The molecule has 0 saturated carbocycles. The highest BCUT2D eigenvalue weighted by Crippen LogP contribution is 2.28. The fourth-order valence-corrected chi connectivity index (χ4v) is 3.60. The van der Waals surface area contributed by atoms with Crippen LogP contribution < -0.4 is 20.3 Å². The summed E-state index contributed by atoms with van der Waals surface area (Å²) in [5, 5.41) is 5.58. The van der Waals surface area contributed by atoms with E-state index in [1.807, 2.05) is 24.3 Å². The lowest BCUT2D eigenvalue weighted by molar-refractivity contribution is -0.114. The average Bonchev–Trinajstić information content (AvgIpc) is 2.73. The molecule has 0 atom stereocenters. The number of methoxy groups -OCH3 is 1. The maximum Gasteiger partial charge on any atom is 0.255 e. The number of rotatable bonds is 6. The summed E-state index contributed by atoms with van der Waals surface area (Å²) in [6, 6.07) is 13.3. The third kappa shape index (κ3) is 5.30. The van der Waals surface area contributed by atoms with E-state index in [0.717, 1.165) is 31.9 Å². The Kier molecular flexibility index (Phi) is 6.95. The molecular formula is C23H30N4O3. The zero-order chi connectivity index (χ0) is 21.7. The van der Waals surface area contributed by atoms with E-state index in [1.165, 1.54) is 14.0 Å². The van der Waals surface area contributed by atoms with Crippen LogP contribution in [0.4, 0.5) is 17.1 Å². The first kappa shape index (κ1) is 21.6. The van der Waals surface area contributed by atoms with E-state index < -0.39 is 0 Å². The number of anilines is 3. The monoisotopic (exact) mass is 410 g/mol. The molecule has 2 aromatic rings. The van der Waals surface area contributed by atoms with Gasteiger partial charge in [0.1, 0.15) is 5.75 Å². The molecule has 1 aliphatic rings. The van der Waals surface area contributed by atoms with Crippen molar-refractivity contribution >= 4 is 28.9 Å². The predicted molar refractivity (Wildman–Crippen MR) is 121 cm³/mol. The van der Waals surface area contributed by atoms with Crippen molar-refractivity contribution in [2.24, 2.45) is 0 Å². The van der Waals surface area contributed by atoms with Gasteiger partial charge in [-0.3, -0.25) is 14.5 Å². The third-order valence-electron chi connectivity index (χ3n) is 5.31. The Bertz CT molecular complexity index is 888. The summed E-state index contributed by atoms with van der Waals surface area (Å²) >= 11 is 0. The van der Waals surface area contributed by atoms with Crippen molar-refractivity contribution in [3.05, 3.63) is 48.0 Å². The van der Waals surface area contributed by atoms with Crippen LogP contribution in [0.2, 0.25) is 0 Å². The van der Waals surface area contributed by atoms with Crippen LogP contribution in [0.3, 0.4) is 0 Å². The van der Waals surface area contributed by atoms with Gasteiger partial charge in [-0.25, -0.2) is 0 Å². The molecule has 0 unspecified atom stereocenters. The van der Waals surface area contributed by atoms with Gasteiger partial charge in [0.2, 0.25) is 5.91 Å². The summed E-state index contributed by atoms with van der Waals surface area (Å²) < 4.78 is 5.33. The Labute approximate surface area is 178 Å². The Morgan fingerprint density at radius 1 is 0.967 bits per heavy atom. The van der Waals surface area contributed by atoms with Crippen molar-refractivity contribution in [2.45, 2.75) is 26.8 Å². The molecule has 0 bridgehead atoms. The van der Waals surface area contributed by atoms with Crippen LogP contribution in [0, 0.1) is 0 Å². The van der Waals surface area contributed by atoms with E-state index in [4.69, 9.17) is 4.74 Å². The molecule has 30 heavy (non-hydrogen) atoms. The number of carbonyl (C=O) groups is 2. The Morgan fingerprint density at radius 2 is 1.63 bits per heavy atom. The van der Waals surface area contributed by atoms with Crippen LogP contribution in [0.15, 0.2) is 42.5 Å². The number of amides is 2. The lowest BCUT2D eigenvalue weighted by atomic mass is 10.1. The second-order valence-corrected chi connectivity index (χ2v) is 7.71. The lowest BCUT2D eigenvalue weighted by Gasteiger charge is -2.38. The van der Waals surface area contributed by atoms with Gasteiger partial charge in [0.25, 0.3) is 5.91 Å². The zero-order valence-electron chi connectivity index (χ0n) is 18.1. The van der Waals surface area contributed by atoms with E-state index in [0.29, 0.717) is 28.7 Å². The number of hydrogen-bond donors (Lipinski definition) is 2. The molecule has 7 heteroatoms. The minimum atomic E-state index is -0.232. The van der Waals surface area contributed by atoms with Crippen molar-refractivity contribution in [3.63, 3.8) is 0 Å². The summed E-state index contributed by atoms with van der Waals surface area (Å²) in [7, 11) is 1.54. The maximum absolute atomic E-state index is 12.7. The molecule has 0 spiro atoms. The van der Waals surface area contributed by atoms with Gasteiger partial charge < -0.3 is 20.3 Å². The average molecular weight is 411 g/mol. The lowest BCUT2D eigenvalue weighted by Crippen LogP contribution is -2.48. The number of nitrogens with one attached hydrogen (secondary N) is 2. The molecule has 0 aromatic heterocycles. The summed E-state index contributed by atoms with van der Waals surface area (Å²) in [6.07, 6.45) is 0. The first-order valence-corrected chi connectivity index (χ1v) is 10.2. The number of carbonyl (C=O) groups excluding carboxylic acids is 2. The number of ether oxygens (including phenoxy) is 1. The SMILES string of the molecule is COc1ccc(NC(C)=O)cc1NC(=O)c1ccc(N2CCN(C(C)C)CC2)cc1. The number of nitrogens with zero attached hydrogens (tertiary/aromatic N) is 2. The highest BCUT2D eigenvalue weighted by atomic mass is 16.5. The predicted octanol–water partition coefficient (Wildman–Crippen LogP) is 3.44. The maximum atomic E-state index is 12.7. The van der Waals surface area contributed by atoms with Gasteiger partial charge in [-0.1, -0.05) is 0 Å². The number of piperazine rings is 1. The quantitative estimate of drug-likeness (QED) is 0.763. The Balaban J connectivity index is 1.67. The molecule has 2 N–H and O–H groups in total. The van der Waals surface area contributed by atoms with E-state index in [2.05, 4.69) is 34.3 Å². The summed E-state index contributed by atoms with van der Waals surface area (Å²) in [4.78, 5) is 28.9. The first-order chi connectivity index (χ1) is 14.4. The standard InChI is InChI=1S/C23H30N4O3/c1-16(2)26-11-13-27(14-12-26)20-8-5-18(6-9-20)23(29)25-21-15-19(24-17(3)28)7-10-22(21)30-4/h5-10,15-16H,11-14H2,1-4H3,(H,24,28)(H,25,29). The molecule has 160 valence electrons. The van der Waals surface area contributed by atoms with E-state index in [9.17, 15) is 9.59 Å². The molecule has 7 nitrogen and oxygen atoms in total. The topological polar surface area (TPSA) is 73.9 Å². The molecule has 1 heterocycles. The molecule has 3 rings (SSSR count). The van der Waals surface area contributed by atoms with Gasteiger partial charge in [0, 0.05) is 56.1 Å². The second kappa shape index (κ2) is 9.63. The van der Waals surface area contributed by atoms with Crippen molar-refractivity contribution < 1.29 is 14.3 Å². The first-order valence-electron chi connectivity index (χ1n) is 10.2. The highest BCUT2D eigenvalue weighted by Gasteiger charge is 2.19. The van der Waals surface area contributed by atoms with Gasteiger partial charge in [0.05, 0.1) is 12.8 Å². The second-order valence-electron chi connectivity index (χ2n) is 7.71. The minimum Gasteiger partial charge on any atom is -0.495 e. The molecule has 1 aliphatic heterocycles. The van der Waals surface area contributed by atoms with Crippen molar-refractivity contribution in [1.82, 2.24) is 4.90 Å². The minimum absolute atomic E-state index is 0.178. The molecule has 0 radical (unpaired) electrons. The van der Waals surface area contributed by atoms with Crippen LogP contribution in [0.5, 0.6) is 5.75 Å². The highest BCUT2D eigenvalue weighted by molar-refractivity contribution is 6.05. The number of hydrogen-bond acceptors (Lipinski definition) is 5. The summed E-state index contributed by atoms with van der Waals surface area (Å²) in [5.41, 5.74) is 2.78. The van der Waals surface area contributed by atoms with Crippen LogP contribution in [-0.2, 0) is 4.79 Å². The fraction of sp³-hybridized carbons (Fsp3) is 0.391. The summed E-state index contributed by atoms with van der Waals surface area (Å²) in [5.74, 6) is 0.115. The fourth-order valence-electron chi connectivity index (χ4n) is 3.60. The van der Waals surface area contributed by atoms with Crippen molar-refractivity contribution in [3.8, 4) is 5.75 Å². The van der Waals surface area contributed by atoms with Gasteiger partial charge in [-0.15, -0.1) is 0 Å². The van der Waals surface area contributed by atoms with Crippen LogP contribution in [0.1, 0.15) is 31.1 Å². The largest absolute Gasteiger partial charge is 0.495 e. The van der Waals surface area contributed by atoms with Crippen LogP contribution >= 0.6 is 0 Å². The summed E-state index contributed by atoms with van der Waals surface area (Å²) in [6.45, 7) is 9.95. The number of benzene rings is 2. The normalized spacial score (nSPS) is 14.5. The van der Waals surface area contributed by atoms with E-state index in [1.54, 1.807) is 18.2 Å². The van der Waals surface area contributed by atoms with E-state index >= 15 is 0 Å². The van der Waals surface area contributed by atoms with Gasteiger partial charge in [-0.2, -0.15) is 0 Å². The molecule has 2 amide bonds. The molecular weight excluding hydrogens is 380 g/mol. The van der Waals surface area contributed by atoms with Crippen LogP contribution in [-0.4, -0.2) is 56.0 Å². The smallest absolute Gasteiger partial charge is 0.255 e.